The Morgan fingerprint density at radius 1 is 1.15 bits per heavy atom. The van der Waals surface area contributed by atoms with Gasteiger partial charge in [0.2, 0.25) is 0 Å². The molecule has 2 aromatic carbocycles. The number of carbonyl (C=O) groups excluding carboxylic acids is 1. The number of hydrogen-bond acceptors (Lipinski definition) is 3. The molecule has 0 bridgehead atoms. The number of carbonyl (C=O) groups is 1. The molecule has 4 nitrogen and oxygen atoms in total. The zero-order valence-electron chi connectivity index (χ0n) is 14.9. The van der Waals surface area contributed by atoms with Crippen LogP contribution in [0, 0.1) is 13.8 Å². The monoisotopic (exact) mass is 368 g/mol. The van der Waals surface area contributed by atoms with Crippen molar-refractivity contribution in [2.75, 3.05) is 6.61 Å². The van der Waals surface area contributed by atoms with Crippen LogP contribution in [0.4, 0.5) is 0 Å². The molecule has 0 radical (unpaired) electrons. The predicted octanol–water partition coefficient (Wildman–Crippen LogP) is 4.97. The molecular formula is C21H21ClN2O2. The molecule has 1 aromatic heterocycles. The first-order valence-electron chi connectivity index (χ1n) is 8.57. The molecule has 0 spiro atoms. The van der Waals surface area contributed by atoms with E-state index in [2.05, 4.69) is 5.10 Å². The number of aldehydes is 1. The molecule has 0 aliphatic carbocycles. The standard InChI is InChI=1S/C21H21ClN2O2/c1-15-11-19(12-16(2)21(15)22)26-10-6-9-20-17(14-25)13-24(23-20)18-7-4-3-5-8-18/h3-5,7-8,11-14H,6,9-10H2,1-2H3. The van der Waals surface area contributed by atoms with Gasteiger partial charge in [-0.25, -0.2) is 4.68 Å². The summed E-state index contributed by atoms with van der Waals surface area (Å²) in [5, 5.41) is 5.33. The summed E-state index contributed by atoms with van der Waals surface area (Å²) in [6.45, 7) is 4.49. The van der Waals surface area contributed by atoms with Crippen molar-refractivity contribution in [1.82, 2.24) is 9.78 Å². The third-order valence-electron chi connectivity index (χ3n) is 4.21. The lowest BCUT2D eigenvalue weighted by Gasteiger charge is -2.09. The molecule has 0 amide bonds. The van der Waals surface area contributed by atoms with Gasteiger partial charge in [-0.05, 0) is 62.1 Å². The highest BCUT2D eigenvalue weighted by atomic mass is 35.5. The Morgan fingerprint density at radius 2 is 1.85 bits per heavy atom. The second-order valence-electron chi connectivity index (χ2n) is 6.25. The third kappa shape index (κ3) is 4.14. The molecule has 0 N–H and O–H groups in total. The van der Waals surface area contributed by atoms with Crippen molar-refractivity contribution >= 4 is 17.9 Å². The van der Waals surface area contributed by atoms with Crippen LogP contribution in [0.3, 0.4) is 0 Å². The predicted molar refractivity (Wildman–Crippen MR) is 104 cm³/mol. The van der Waals surface area contributed by atoms with Gasteiger partial charge < -0.3 is 4.74 Å². The molecule has 0 fully saturated rings. The molecule has 134 valence electrons. The summed E-state index contributed by atoms with van der Waals surface area (Å²) in [5.74, 6) is 0.815. The summed E-state index contributed by atoms with van der Waals surface area (Å²) >= 11 is 6.18. The van der Waals surface area contributed by atoms with Crippen LogP contribution in [0.25, 0.3) is 5.69 Å². The van der Waals surface area contributed by atoms with Crippen molar-refractivity contribution in [1.29, 1.82) is 0 Å². The number of halogens is 1. The summed E-state index contributed by atoms with van der Waals surface area (Å²) in [6.07, 6.45) is 4.08. The van der Waals surface area contributed by atoms with E-state index >= 15 is 0 Å². The van der Waals surface area contributed by atoms with E-state index in [9.17, 15) is 4.79 Å². The van der Waals surface area contributed by atoms with Crippen molar-refractivity contribution in [2.24, 2.45) is 0 Å². The summed E-state index contributed by atoms with van der Waals surface area (Å²) in [7, 11) is 0. The average molecular weight is 369 g/mol. The van der Waals surface area contributed by atoms with Gasteiger partial charge in [0.25, 0.3) is 0 Å². The molecule has 0 unspecified atom stereocenters. The first-order chi connectivity index (χ1) is 12.6. The van der Waals surface area contributed by atoms with E-state index in [1.165, 1.54) is 0 Å². The summed E-state index contributed by atoms with van der Waals surface area (Å²) in [6, 6.07) is 13.6. The van der Waals surface area contributed by atoms with Crippen LogP contribution >= 0.6 is 11.6 Å². The lowest BCUT2D eigenvalue weighted by atomic mass is 10.1. The summed E-state index contributed by atoms with van der Waals surface area (Å²) in [5.41, 5.74) is 4.35. The Kier molecular flexibility index (Phi) is 5.74. The van der Waals surface area contributed by atoms with Gasteiger partial charge in [0, 0.05) is 11.2 Å². The molecule has 3 aromatic rings. The van der Waals surface area contributed by atoms with Crippen LogP contribution < -0.4 is 4.74 Å². The third-order valence-corrected chi connectivity index (χ3v) is 4.80. The zero-order valence-corrected chi connectivity index (χ0v) is 15.7. The van der Waals surface area contributed by atoms with Crippen LogP contribution in [0.2, 0.25) is 5.02 Å². The minimum Gasteiger partial charge on any atom is -0.494 e. The SMILES string of the molecule is Cc1cc(OCCCc2nn(-c3ccccc3)cc2C=O)cc(C)c1Cl. The minimum atomic E-state index is 0.553. The second-order valence-corrected chi connectivity index (χ2v) is 6.63. The molecule has 0 aliphatic heterocycles. The fraction of sp³-hybridized carbons (Fsp3) is 0.238. The number of para-hydroxylation sites is 1. The Balaban J connectivity index is 1.61. The largest absolute Gasteiger partial charge is 0.494 e. The number of nitrogens with zero attached hydrogens (tertiary/aromatic N) is 2. The number of benzene rings is 2. The van der Waals surface area contributed by atoms with E-state index in [0.29, 0.717) is 18.6 Å². The van der Waals surface area contributed by atoms with Crippen LogP contribution in [0.15, 0.2) is 48.7 Å². The van der Waals surface area contributed by atoms with E-state index in [4.69, 9.17) is 16.3 Å². The summed E-state index contributed by atoms with van der Waals surface area (Å²) < 4.78 is 7.57. The topological polar surface area (TPSA) is 44.1 Å². The van der Waals surface area contributed by atoms with Crippen molar-refractivity contribution < 1.29 is 9.53 Å². The van der Waals surface area contributed by atoms with Crippen molar-refractivity contribution in [3.8, 4) is 11.4 Å². The maximum absolute atomic E-state index is 11.3. The first-order valence-corrected chi connectivity index (χ1v) is 8.95. The molecule has 0 saturated heterocycles. The highest BCUT2D eigenvalue weighted by Crippen LogP contribution is 2.26. The molecule has 3 rings (SSSR count). The van der Waals surface area contributed by atoms with Gasteiger partial charge in [0.05, 0.1) is 23.6 Å². The molecule has 0 atom stereocenters. The van der Waals surface area contributed by atoms with E-state index in [0.717, 1.165) is 46.0 Å². The Morgan fingerprint density at radius 3 is 2.50 bits per heavy atom. The zero-order chi connectivity index (χ0) is 18.5. The molecule has 0 saturated carbocycles. The lowest BCUT2D eigenvalue weighted by Crippen LogP contribution is -2.02. The Hall–Kier alpha value is -2.59. The highest BCUT2D eigenvalue weighted by Gasteiger charge is 2.10. The van der Waals surface area contributed by atoms with Crippen LogP contribution in [0.5, 0.6) is 5.75 Å². The van der Waals surface area contributed by atoms with E-state index < -0.39 is 0 Å². The Labute approximate surface area is 158 Å². The normalized spacial score (nSPS) is 10.7. The van der Waals surface area contributed by atoms with Crippen molar-refractivity contribution in [3.05, 3.63) is 76.1 Å². The van der Waals surface area contributed by atoms with E-state index in [1.54, 1.807) is 10.9 Å². The number of ether oxygens (including phenoxy) is 1. The molecular weight excluding hydrogens is 348 g/mol. The van der Waals surface area contributed by atoms with Gasteiger partial charge in [-0.15, -0.1) is 0 Å². The smallest absolute Gasteiger partial charge is 0.153 e. The van der Waals surface area contributed by atoms with E-state index in [1.807, 2.05) is 56.3 Å². The number of hydrogen-bond donors (Lipinski definition) is 0. The van der Waals surface area contributed by atoms with Crippen molar-refractivity contribution in [2.45, 2.75) is 26.7 Å². The van der Waals surface area contributed by atoms with Gasteiger partial charge >= 0.3 is 0 Å². The van der Waals surface area contributed by atoms with Gasteiger partial charge in [-0.3, -0.25) is 4.79 Å². The van der Waals surface area contributed by atoms with Crippen LogP contribution in [-0.2, 0) is 6.42 Å². The molecule has 0 aliphatic rings. The summed E-state index contributed by atoms with van der Waals surface area (Å²) in [4.78, 5) is 11.3. The maximum Gasteiger partial charge on any atom is 0.153 e. The van der Waals surface area contributed by atoms with Gasteiger partial charge in [0.15, 0.2) is 6.29 Å². The van der Waals surface area contributed by atoms with Gasteiger partial charge in [-0.1, -0.05) is 29.8 Å². The number of aromatic nitrogens is 2. The second kappa shape index (κ2) is 8.19. The molecule has 1 heterocycles. The first kappa shape index (κ1) is 18.2. The van der Waals surface area contributed by atoms with Crippen molar-refractivity contribution in [3.63, 3.8) is 0 Å². The fourth-order valence-corrected chi connectivity index (χ4v) is 2.96. The number of aryl methyl sites for hydroxylation is 3. The van der Waals surface area contributed by atoms with Gasteiger partial charge in [-0.2, -0.15) is 5.10 Å². The minimum absolute atomic E-state index is 0.553. The van der Waals surface area contributed by atoms with Gasteiger partial charge in [0.1, 0.15) is 5.75 Å². The lowest BCUT2D eigenvalue weighted by molar-refractivity contribution is 0.112. The highest BCUT2D eigenvalue weighted by molar-refractivity contribution is 6.32. The quantitative estimate of drug-likeness (QED) is 0.437. The van der Waals surface area contributed by atoms with Crippen LogP contribution in [0.1, 0.15) is 33.6 Å². The Bertz CT molecular complexity index is 881. The fourth-order valence-electron chi connectivity index (χ4n) is 2.85. The van der Waals surface area contributed by atoms with E-state index in [-0.39, 0.29) is 0 Å². The van der Waals surface area contributed by atoms with Crippen LogP contribution in [-0.4, -0.2) is 22.7 Å². The maximum atomic E-state index is 11.3. The number of rotatable bonds is 7. The average Bonchev–Trinajstić information content (AvgIpc) is 3.07. The molecule has 5 heteroatoms. The molecule has 26 heavy (non-hydrogen) atoms.